The average Bonchev–Trinajstić information content (AvgIpc) is 3.18. The molecule has 0 aliphatic carbocycles. The standard InChI is InChI=1S/C27H39NO5S/c1-16-9-8-10-17(2)25(31)19(4)26(32)27(6,7)23(29)14-24(30)33-22(12-11-16)18(3)13-21-15-34-20(5)28-21/h8,10-11,13,15,17,19,22-23,25,29,31H,9,12,14H2,1-7H3/t17-,19+,22-,23-,25-/m0/s1. The first-order valence-electron chi connectivity index (χ1n) is 11.9. The van der Waals surface area contributed by atoms with Crippen LogP contribution in [0.25, 0.3) is 6.08 Å². The first-order valence-corrected chi connectivity index (χ1v) is 12.7. The molecule has 1 aromatic rings. The fourth-order valence-corrected chi connectivity index (χ4v) is 4.62. The molecule has 1 aliphatic rings. The van der Waals surface area contributed by atoms with Gasteiger partial charge in [0.2, 0.25) is 0 Å². The molecule has 0 amide bonds. The van der Waals surface area contributed by atoms with Crippen LogP contribution in [-0.4, -0.2) is 45.3 Å². The molecule has 7 heteroatoms. The summed E-state index contributed by atoms with van der Waals surface area (Å²) in [6.07, 6.45) is 6.13. The van der Waals surface area contributed by atoms with E-state index in [1.54, 1.807) is 32.1 Å². The van der Waals surface area contributed by atoms with Crippen LogP contribution in [0.3, 0.4) is 0 Å². The minimum atomic E-state index is -1.23. The van der Waals surface area contributed by atoms with Crippen molar-refractivity contribution in [2.24, 2.45) is 17.3 Å². The number of Topliss-reactive ketones (excluding diaryl/α,β-unsaturated/α-hetero) is 1. The van der Waals surface area contributed by atoms with Crippen molar-refractivity contribution >= 4 is 29.2 Å². The van der Waals surface area contributed by atoms with Gasteiger partial charge in [-0.1, -0.05) is 51.5 Å². The van der Waals surface area contributed by atoms with Gasteiger partial charge in [0.1, 0.15) is 11.9 Å². The number of rotatable bonds is 2. The zero-order valence-corrected chi connectivity index (χ0v) is 22.2. The predicted octanol–water partition coefficient (Wildman–Crippen LogP) is 5.04. The Labute approximate surface area is 207 Å². The van der Waals surface area contributed by atoms with Gasteiger partial charge in [0.15, 0.2) is 0 Å². The summed E-state index contributed by atoms with van der Waals surface area (Å²) in [4.78, 5) is 30.4. The molecule has 1 aliphatic heterocycles. The topological polar surface area (TPSA) is 96.7 Å². The van der Waals surface area contributed by atoms with Gasteiger partial charge < -0.3 is 14.9 Å². The molecule has 2 N–H and O–H groups in total. The van der Waals surface area contributed by atoms with Crippen LogP contribution in [0, 0.1) is 24.2 Å². The number of aliphatic hydroxyl groups excluding tert-OH is 2. The summed E-state index contributed by atoms with van der Waals surface area (Å²) in [5.74, 6) is -1.77. The van der Waals surface area contributed by atoms with Crippen LogP contribution in [0.5, 0.6) is 0 Å². The molecule has 2 heterocycles. The fourth-order valence-electron chi connectivity index (χ4n) is 4.05. The van der Waals surface area contributed by atoms with Crippen molar-refractivity contribution in [3.05, 3.63) is 45.5 Å². The predicted molar refractivity (Wildman–Crippen MR) is 136 cm³/mol. The Morgan fingerprint density at radius 1 is 1.24 bits per heavy atom. The quantitative estimate of drug-likeness (QED) is 0.446. The van der Waals surface area contributed by atoms with E-state index >= 15 is 0 Å². The minimum Gasteiger partial charge on any atom is -0.457 e. The van der Waals surface area contributed by atoms with Gasteiger partial charge in [-0.3, -0.25) is 9.59 Å². The van der Waals surface area contributed by atoms with Crippen LogP contribution in [-0.2, 0) is 14.3 Å². The molecule has 0 bridgehead atoms. The van der Waals surface area contributed by atoms with E-state index < -0.39 is 35.6 Å². The zero-order valence-electron chi connectivity index (χ0n) is 21.4. The number of ketones is 1. The molecule has 6 nitrogen and oxygen atoms in total. The lowest BCUT2D eigenvalue weighted by Crippen LogP contribution is -2.45. The Morgan fingerprint density at radius 2 is 1.91 bits per heavy atom. The Balaban J connectivity index is 2.37. The lowest BCUT2D eigenvalue weighted by molar-refractivity contribution is -0.154. The lowest BCUT2D eigenvalue weighted by Gasteiger charge is -2.34. The van der Waals surface area contributed by atoms with Crippen LogP contribution in [0.4, 0.5) is 0 Å². The highest BCUT2D eigenvalue weighted by Crippen LogP contribution is 2.31. The van der Waals surface area contributed by atoms with E-state index in [1.807, 2.05) is 57.4 Å². The summed E-state index contributed by atoms with van der Waals surface area (Å²) in [6, 6.07) is 0. The number of cyclic esters (lactones) is 1. The third-order valence-electron chi connectivity index (χ3n) is 6.65. The van der Waals surface area contributed by atoms with Gasteiger partial charge in [-0.2, -0.15) is 0 Å². The highest BCUT2D eigenvalue weighted by Gasteiger charge is 2.42. The van der Waals surface area contributed by atoms with Crippen LogP contribution < -0.4 is 0 Å². The number of allylic oxidation sites excluding steroid dienone is 2. The van der Waals surface area contributed by atoms with Gasteiger partial charge in [-0.25, -0.2) is 4.98 Å². The molecular weight excluding hydrogens is 450 g/mol. The number of esters is 1. The van der Waals surface area contributed by atoms with Crippen LogP contribution in [0.1, 0.15) is 71.5 Å². The third kappa shape index (κ3) is 7.45. The molecule has 5 atom stereocenters. The number of thiazole rings is 1. The van der Waals surface area contributed by atoms with Crippen LogP contribution in [0.2, 0.25) is 0 Å². The number of nitrogens with zero attached hydrogens (tertiary/aromatic N) is 1. The van der Waals surface area contributed by atoms with Crippen molar-refractivity contribution < 1.29 is 24.5 Å². The van der Waals surface area contributed by atoms with Gasteiger partial charge in [-0.05, 0) is 38.8 Å². The van der Waals surface area contributed by atoms with Crippen LogP contribution >= 0.6 is 11.3 Å². The molecule has 0 unspecified atom stereocenters. The molecule has 1 aromatic heterocycles. The summed E-state index contributed by atoms with van der Waals surface area (Å²) in [6.45, 7) is 12.6. The molecule has 34 heavy (non-hydrogen) atoms. The average molecular weight is 490 g/mol. The Kier molecular flexibility index (Phi) is 9.97. The van der Waals surface area contributed by atoms with Crippen molar-refractivity contribution in [3.8, 4) is 0 Å². The highest BCUT2D eigenvalue weighted by molar-refractivity contribution is 7.09. The zero-order chi connectivity index (χ0) is 25.6. The van der Waals surface area contributed by atoms with E-state index in [9.17, 15) is 19.8 Å². The third-order valence-corrected chi connectivity index (χ3v) is 7.44. The number of ether oxygens (including phenoxy) is 1. The number of aromatic nitrogens is 1. The SMILES string of the molecule is CC1=CC[C@@H](C(C)=Cc2csc(C)n2)OC(=O)C[C@H](O)C(C)(C)C(=O)[C@H](C)[C@@H](O)[C@@H](C)C=CC1. The first-order chi connectivity index (χ1) is 15.8. The number of carbonyl (C=O) groups excluding carboxylic acids is 2. The molecule has 0 spiro atoms. The Morgan fingerprint density at radius 3 is 2.53 bits per heavy atom. The largest absolute Gasteiger partial charge is 0.457 e. The van der Waals surface area contributed by atoms with Gasteiger partial charge in [-0.15, -0.1) is 11.3 Å². The molecule has 0 saturated carbocycles. The van der Waals surface area contributed by atoms with Crippen molar-refractivity contribution in [2.45, 2.75) is 86.0 Å². The van der Waals surface area contributed by atoms with Gasteiger partial charge >= 0.3 is 5.97 Å². The maximum Gasteiger partial charge on any atom is 0.309 e. The maximum atomic E-state index is 13.1. The van der Waals surface area contributed by atoms with Gasteiger partial charge in [0, 0.05) is 23.6 Å². The number of hydrogen-bond acceptors (Lipinski definition) is 7. The highest BCUT2D eigenvalue weighted by atomic mass is 32.1. The van der Waals surface area contributed by atoms with E-state index in [1.165, 1.54) is 0 Å². The number of aliphatic hydroxyl groups is 2. The molecule has 188 valence electrons. The van der Waals surface area contributed by atoms with Crippen molar-refractivity contribution in [3.63, 3.8) is 0 Å². The van der Waals surface area contributed by atoms with Crippen molar-refractivity contribution in [1.29, 1.82) is 0 Å². The fraction of sp³-hybridized carbons (Fsp3) is 0.593. The lowest BCUT2D eigenvalue weighted by atomic mass is 9.73. The maximum absolute atomic E-state index is 13.1. The number of aryl methyl sites for hydroxylation is 1. The first kappa shape index (κ1) is 28.1. The van der Waals surface area contributed by atoms with Gasteiger partial charge in [0.25, 0.3) is 0 Å². The summed E-state index contributed by atoms with van der Waals surface area (Å²) in [5.41, 5.74) is 1.57. The second-order valence-electron chi connectivity index (χ2n) is 10.0. The smallest absolute Gasteiger partial charge is 0.309 e. The van der Waals surface area contributed by atoms with Gasteiger partial charge in [0.05, 0.1) is 34.7 Å². The van der Waals surface area contributed by atoms with E-state index in [-0.39, 0.29) is 18.1 Å². The second kappa shape index (κ2) is 12.0. The summed E-state index contributed by atoms with van der Waals surface area (Å²) in [7, 11) is 0. The van der Waals surface area contributed by atoms with E-state index in [0.717, 1.165) is 21.8 Å². The minimum absolute atomic E-state index is 0.225. The number of carbonyl (C=O) groups is 2. The molecular formula is C27H39NO5S. The molecule has 0 aromatic carbocycles. The summed E-state index contributed by atoms with van der Waals surface area (Å²) < 4.78 is 5.79. The van der Waals surface area contributed by atoms with Crippen molar-refractivity contribution in [2.75, 3.05) is 0 Å². The normalized spacial score (nSPS) is 30.1. The Bertz CT molecular complexity index is 958. The number of hydrogen-bond donors (Lipinski definition) is 2. The molecule has 0 radical (unpaired) electrons. The van der Waals surface area contributed by atoms with E-state index in [0.29, 0.717) is 12.8 Å². The molecule has 2 rings (SSSR count). The van der Waals surface area contributed by atoms with Crippen LogP contribution in [0.15, 0.2) is 34.8 Å². The monoisotopic (exact) mass is 489 g/mol. The summed E-state index contributed by atoms with van der Waals surface area (Å²) >= 11 is 1.56. The van der Waals surface area contributed by atoms with Crippen molar-refractivity contribution in [1.82, 2.24) is 4.98 Å². The molecule has 0 fully saturated rings. The van der Waals surface area contributed by atoms with E-state index in [4.69, 9.17) is 4.74 Å². The summed E-state index contributed by atoms with van der Waals surface area (Å²) in [5, 5.41) is 24.4. The molecule has 0 saturated heterocycles. The second-order valence-corrected chi connectivity index (χ2v) is 11.1. The van der Waals surface area contributed by atoms with E-state index in [2.05, 4.69) is 4.98 Å². The Hall–Kier alpha value is -2.09.